The Morgan fingerprint density at radius 2 is 1.62 bits per heavy atom. The molecule has 0 saturated carbocycles. The number of fused-ring (bicyclic) bond motifs is 1. The van der Waals surface area contributed by atoms with Gasteiger partial charge in [-0.1, -0.05) is 54.6 Å². The fourth-order valence-corrected chi connectivity index (χ4v) is 5.06. The minimum atomic E-state index is -0.403. The first-order valence-corrected chi connectivity index (χ1v) is 12.4. The molecule has 1 saturated heterocycles. The predicted molar refractivity (Wildman–Crippen MR) is 144 cm³/mol. The number of aryl methyl sites for hydroxylation is 1. The van der Waals surface area contributed by atoms with Gasteiger partial charge in [-0.2, -0.15) is 0 Å². The molecule has 184 valence electrons. The number of nitrogens with zero attached hydrogens (tertiary/aromatic N) is 5. The Morgan fingerprint density at radius 1 is 0.865 bits per heavy atom. The topological polar surface area (TPSA) is 54.3 Å². The number of carbonyl (C=O) groups is 1. The third kappa shape index (κ3) is 4.22. The lowest BCUT2D eigenvalue weighted by Gasteiger charge is -2.35. The summed E-state index contributed by atoms with van der Waals surface area (Å²) >= 11 is 0. The molecule has 0 radical (unpaired) electrons. The SMILES string of the molecule is Cc1ccccc1-n1cc(-c2ccccc2)c2c(N3CCN(C(=O)c4cccc(F)c4)CC3)ncnc21. The summed E-state index contributed by atoms with van der Waals surface area (Å²) < 4.78 is 15.8. The van der Waals surface area contributed by atoms with Gasteiger partial charge in [-0.25, -0.2) is 14.4 Å². The molecule has 1 aliphatic rings. The first kappa shape index (κ1) is 22.9. The monoisotopic (exact) mass is 491 g/mol. The number of hydrogen-bond acceptors (Lipinski definition) is 4. The summed E-state index contributed by atoms with van der Waals surface area (Å²) in [5.74, 6) is 0.302. The first-order valence-electron chi connectivity index (χ1n) is 12.4. The number of rotatable bonds is 4. The van der Waals surface area contributed by atoms with Gasteiger partial charge >= 0.3 is 0 Å². The third-order valence-electron chi connectivity index (χ3n) is 6.96. The fourth-order valence-electron chi connectivity index (χ4n) is 5.06. The van der Waals surface area contributed by atoms with E-state index in [0.29, 0.717) is 31.7 Å². The van der Waals surface area contributed by atoms with Gasteiger partial charge < -0.3 is 14.4 Å². The molecule has 1 aliphatic heterocycles. The molecule has 37 heavy (non-hydrogen) atoms. The van der Waals surface area contributed by atoms with Crippen LogP contribution in [-0.2, 0) is 0 Å². The summed E-state index contributed by atoms with van der Waals surface area (Å²) in [6.45, 7) is 4.40. The van der Waals surface area contributed by atoms with Crippen molar-refractivity contribution in [1.29, 1.82) is 0 Å². The van der Waals surface area contributed by atoms with Gasteiger partial charge in [0, 0.05) is 49.2 Å². The molecule has 5 aromatic rings. The van der Waals surface area contributed by atoms with Crippen LogP contribution in [0, 0.1) is 12.7 Å². The fraction of sp³-hybridized carbons (Fsp3) is 0.167. The summed E-state index contributed by atoms with van der Waals surface area (Å²) in [4.78, 5) is 26.4. The van der Waals surface area contributed by atoms with Gasteiger partial charge in [0.2, 0.25) is 0 Å². The van der Waals surface area contributed by atoms with E-state index in [0.717, 1.165) is 39.2 Å². The van der Waals surface area contributed by atoms with Crippen molar-refractivity contribution in [2.45, 2.75) is 6.92 Å². The summed E-state index contributed by atoms with van der Waals surface area (Å²) in [6.07, 6.45) is 3.76. The molecule has 3 heterocycles. The third-order valence-corrected chi connectivity index (χ3v) is 6.96. The highest BCUT2D eigenvalue weighted by Gasteiger charge is 2.26. The van der Waals surface area contributed by atoms with E-state index < -0.39 is 5.82 Å². The smallest absolute Gasteiger partial charge is 0.254 e. The van der Waals surface area contributed by atoms with Gasteiger partial charge in [0.25, 0.3) is 5.91 Å². The molecule has 6 nitrogen and oxygen atoms in total. The molecule has 0 N–H and O–H groups in total. The second-order valence-corrected chi connectivity index (χ2v) is 9.25. The van der Waals surface area contributed by atoms with Crippen molar-refractivity contribution in [2.24, 2.45) is 0 Å². The van der Waals surface area contributed by atoms with Crippen LogP contribution in [-0.4, -0.2) is 51.5 Å². The van der Waals surface area contributed by atoms with Gasteiger partial charge in [0.15, 0.2) is 5.65 Å². The minimum Gasteiger partial charge on any atom is -0.352 e. The summed E-state index contributed by atoms with van der Waals surface area (Å²) in [5.41, 5.74) is 5.60. The van der Waals surface area contributed by atoms with Crippen LogP contribution in [0.3, 0.4) is 0 Å². The Kier molecular flexibility index (Phi) is 5.88. The Morgan fingerprint density at radius 3 is 2.38 bits per heavy atom. The van der Waals surface area contributed by atoms with Crippen molar-refractivity contribution < 1.29 is 9.18 Å². The number of piperazine rings is 1. The predicted octanol–water partition coefficient (Wildman–Crippen LogP) is 5.50. The number of benzene rings is 3. The average molecular weight is 492 g/mol. The molecule has 0 unspecified atom stereocenters. The highest BCUT2D eigenvalue weighted by atomic mass is 19.1. The molecule has 2 aromatic heterocycles. The number of para-hydroxylation sites is 1. The highest BCUT2D eigenvalue weighted by Crippen LogP contribution is 2.37. The van der Waals surface area contributed by atoms with Gasteiger partial charge in [0.05, 0.1) is 5.39 Å². The van der Waals surface area contributed by atoms with E-state index in [1.54, 1.807) is 23.4 Å². The molecule has 6 rings (SSSR count). The maximum absolute atomic E-state index is 13.7. The Bertz CT molecular complexity index is 1590. The van der Waals surface area contributed by atoms with Crippen LogP contribution >= 0.6 is 0 Å². The molecule has 3 aromatic carbocycles. The van der Waals surface area contributed by atoms with E-state index in [1.165, 1.54) is 12.1 Å². The number of anilines is 1. The van der Waals surface area contributed by atoms with Gasteiger partial charge in [-0.15, -0.1) is 0 Å². The molecule has 1 fully saturated rings. The van der Waals surface area contributed by atoms with E-state index >= 15 is 0 Å². The summed E-state index contributed by atoms with van der Waals surface area (Å²) in [5, 5.41) is 0.988. The molecule has 7 heteroatoms. The second-order valence-electron chi connectivity index (χ2n) is 9.25. The molecular formula is C30H26FN5O. The summed E-state index contributed by atoms with van der Waals surface area (Å²) in [7, 11) is 0. The summed E-state index contributed by atoms with van der Waals surface area (Å²) in [6, 6.07) is 24.4. The van der Waals surface area contributed by atoms with Crippen molar-refractivity contribution in [3.63, 3.8) is 0 Å². The minimum absolute atomic E-state index is 0.150. The normalized spacial score (nSPS) is 13.8. The van der Waals surface area contributed by atoms with Gasteiger partial charge in [0.1, 0.15) is 18.0 Å². The van der Waals surface area contributed by atoms with Crippen LogP contribution in [0.4, 0.5) is 10.2 Å². The molecule has 0 atom stereocenters. The standard InChI is InChI=1S/C30H26FN5O/c1-21-8-5-6-13-26(21)36-19-25(22-9-3-2-4-10-22)27-28(32-20-33-29(27)36)34-14-16-35(17-15-34)30(37)23-11-7-12-24(31)18-23/h2-13,18-20H,14-17H2,1H3. The van der Waals surface area contributed by atoms with Crippen LogP contribution < -0.4 is 4.90 Å². The van der Waals surface area contributed by atoms with Crippen LogP contribution in [0.2, 0.25) is 0 Å². The lowest BCUT2D eigenvalue weighted by Crippen LogP contribution is -2.49. The lowest BCUT2D eigenvalue weighted by molar-refractivity contribution is 0.0746. The van der Waals surface area contributed by atoms with Crippen LogP contribution in [0.1, 0.15) is 15.9 Å². The van der Waals surface area contributed by atoms with Gasteiger partial charge in [-0.05, 0) is 42.3 Å². The van der Waals surface area contributed by atoms with Crippen LogP contribution in [0.25, 0.3) is 27.8 Å². The van der Waals surface area contributed by atoms with Crippen molar-refractivity contribution in [1.82, 2.24) is 19.4 Å². The van der Waals surface area contributed by atoms with E-state index in [-0.39, 0.29) is 5.91 Å². The molecular weight excluding hydrogens is 465 g/mol. The second kappa shape index (κ2) is 9.50. The Labute approximate surface area is 214 Å². The molecule has 0 aliphatic carbocycles. The zero-order chi connectivity index (χ0) is 25.4. The maximum Gasteiger partial charge on any atom is 0.254 e. The zero-order valence-corrected chi connectivity index (χ0v) is 20.5. The quantitative estimate of drug-likeness (QED) is 0.333. The van der Waals surface area contributed by atoms with Crippen molar-refractivity contribution in [2.75, 3.05) is 31.1 Å². The number of aromatic nitrogens is 3. The van der Waals surface area contributed by atoms with Crippen LogP contribution in [0.15, 0.2) is 91.4 Å². The largest absolute Gasteiger partial charge is 0.352 e. The molecule has 0 bridgehead atoms. The molecule has 1 amide bonds. The van der Waals surface area contributed by atoms with Gasteiger partial charge in [-0.3, -0.25) is 4.79 Å². The zero-order valence-electron chi connectivity index (χ0n) is 20.5. The lowest BCUT2D eigenvalue weighted by atomic mass is 10.1. The average Bonchev–Trinajstić information content (AvgIpc) is 3.33. The number of amides is 1. The van der Waals surface area contributed by atoms with Crippen molar-refractivity contribution >= 4 is 22.8 Å². The van der Waals surface area contributed by atoms with E-state index in [1.807, 2.05) is 30.3 Å². The first-order chi connectivity index (χ1) is 18.1. The maximum atomic E-state index is 13.7. The van der Waals surface area contributed by atoms with Crippen molar-refractivity contribution in [3.05, 3.63) is 108 Å². The van der Waals surface area contributed by atoms with E-state index in [4.69, 9.17) is 9.97 Å². The highest BCUT2D eigenvalue weighted by molar-refractivity contribution is 6.02. The number of carbonyl (C=O) groups excluding carboxylic acids is 1. The number of halogens is 1. The Hall–Kier alpha value is -4.52. The van der Waals surface area contributed by atoms with Crippen molar-refractivity contribution in [3.8, 4) is 16.8 Å². The Balaban J connectivity index is 1.38. The molecule has 0 spiro atoms. The van der Waals surface area contributed by atoms with E-state index in [2.05, 4.69) is 46.9 Å². The van der Waals surface area contributed by atoms with Crippen LogP contribution in [0.5, 0.6) is 0 Å². The van der Waals surface area contributed by atoms with E-state index in [9.17, 15) is 9.18 Å². The number of hydrogen-bond donors (Lipinski definition) is 0.